The number of fused-ring (bicyclic) bond motifs is 2. The molecule has 0 aliphatic rings. The first-order valence-electron chi connectivity index (χ1n) is 10.5. The van der Waals surface area contributed by atoms with Crippen LogP contribution in [-0.2, 0) is 6.42 Å². The van der Waals surface area contributed by atoms with E-state index in [1.54, 1.807) is 24.7 Å². The molecule has 1 amide bonds. The lowest BCUT2D eigenvalue weighted by Gasteiger charge is -2.08. The van der Waals surface area contributed by atoms with E-state index in [1.807, 2.05) is 54.7 Å². The number of para-hydroxylation sites is 2. The van der Waals surface area contributed by atoms with Crippen LogP contribution in [0.25, 0.3) is 33.1 Å². The normalized spacial score (nSPS) is 11.4. The van der Waals surface area contributed by atoms with E-state index in [0.717, 1.165) is 39.4 Å². The van der Waals surface area contributed by atoms with Crippen LogP contribution in [-0.4, -0.2) is 27.1 Å². The molecule has 32 heavy (non-hydrogen) atoms. The SMILES string of the molecule is CCc1cccc2c(/C=N/NC(=O)c3cc(-c4cccnc4)nc4ccccc34)c[nH]c12. The summed E-state index contributed by atoms with van der Waals surface area (Å²) in [4.78, 5) is 25.2. The van der Waals surface area contributed by atoms with Crippen molar-refractivity contribution in [1.29, 1.82) is 0 Å². The summed E-state index contributed by atoms with van der Waals surface area (Å²) < 4.78 is 0. The van der Waals surface area contributed by atoms with Gasteiger partial charge in [-0.1, -0.05) is 43.3 Å². The number of rotatable bonds is 5. The Kier molecular flexibility index (Phi) is 5.17. The number of H-pyrrole nitrogens is 1. The minimum Gasteiger partial charge on any atom is -0.360 e. The smallest absolute Gasteiger partial charge is 0.272 e. The third kappa shape index (κ3) is 3.63. The second kappa shape index (κ2) is 8.43. The molecular formula is C26H21N5O. The number of hydrogen-bond donors (Lipinski definition) is 2. The molecule has 0 fully saturated rings. The Morgan fingerprint density at radius 3 is 2.81 bits per heavy atom. The largest absolute Gasteiger partial charge is 0.360 e. The topological polar surface area (TPSA) is 83.0 Å². The molecule has 156 valence electrons. The number of hydrogen-bond acceptors (Lipinski definition) is 4. The number of hydrazone groups is 1. The van der Waals surface area contributed by atoms with Crippen LogP contribution in [0.15, 0.2) is 84.4 Å². The molecule has 3 heterocycles. The maximum atomic E-state index is 13.1. The van der Waals surface area contributed by atoms with E-state index in [1.165, 1.54) is 5.56 Å². The summed E-state index contributed by atoms with van der Waals surface area (Å²) in [5, 5.41) is 6.08. The minimum atomic E-state index is -0.293. The summed E-state index contributed by atoms with van der Waals surface area (Å²) in [5.41, 5.74) is 8.74. The van der Waals surface area contributed by atoms with Crippen molar-refractivity contribution in [2.45, 2.75) is 13.3 Å². The molecule has 0 saturated heterocycles. The highest BCUT2D eigenvalue weighted by Crippen LogP contribution is 2.24. The number of aryl methyl sites for hydroxylation is 1. The van der Waals surface area contributed by atoms with Crippen LogP contribution in [0.1, 0.15) is 28.4 Å². The fraction of sp³-hybridized carbons (Fsp3) is 0.0769. The van der Waals surface area contributed by atoms with Gasteiger partial charge in [-0.05, 0) is 36.2 Å². The number of nitrogens with zero attached hydrogens (tertiary/aromatic N) is 3. The number of aromatic amines is 1. The molecule has 2 aromatic carbocycles. The van der Waals surface area contributed by atoms with Crippen LogP contribution in [0.2, 0.25) is 0 Å². The zero-order valence-electron chi connectivity index (χ0n) is 17.5. The van der Waals surface area contributed by atoms with E-state index in [2.05, 4.69) is 33.5 Å². The van der Waals surface area contributed by atoms with Crippen molar-refractivity contribution in [3.05, 3.63) is 95.9 Å². The van der Waals surface area contributed by atoms with Gasteiger partial charge in [-0.3, -0.25) is 9.78 Å². The lowest BCUT2D eigenvalue weighted by molar-refractivity contribution is 0.0956. The fourth-order valence-corrected chi connectivity index (χ4v) is 3.89. The first-order chi connectivity index (χ1) is 15.7. The standard InChI is InChI=1S/C26H21N5O/c1-2-17-7-5-10-20-19(15-28-25(17)20)16-29-31-26(32)22-13-24(18-8-6-12-27-14-18)30-23-11-4-3-9-21(22)23/h3-16,28H,2H2,1H3,(H,31,32)/b29-16+. The molecule has 3 aromatic heterocycles. The summed E-state index contributed by atoms with van der Waals surface area (Å²) in [7, 11) is 0. The molecule has 0 bridgehead atoms. The van der Waals surface area contributed by atoms with Crippen LogP contribution in [0.3, 0.4) is 0 Å². The predicted octanol–water partition coefficient (Wildman–Crippen LogP) is 5.10. The van der Waals surface area contributed by atoms with Crippen molar-refractivity contribution in [2.75, 3.05) is 0 Å². The fourth-order valence-electron chi connectivity index (χ4n) is 3.89. The highest BCUT2D eigenvalue weighted by atomic mass is 16.2. The molecule has 0 unspecified atom stereocenters. The summed E-state index contributed by atoms with van der Waals surface area (Å²) in [6, 6.07) is 19.3. The Morgan fingerprint density at radius 2 is 1.97 bits per heavy atom. The number of carbonyl (C=O) groups excluding carboxylic acids is 1. The lowest BCUT2D eigenvalue weighted by atomic mass is 10.0. The van der Waals surface area contributed by atoms with E-state index in [-0.39, 0.29) is 5.91 Å². The summed E-state index contributed by atoms with van der Waals surface area (Å²) in [6.07, 6.45) is 7.96. The number of pyridine rings is 2. The molecule has 0 atom stereocenters. The van der Waals surface area contributed by atoms with Gasteiger partial charge < -0.3 is 4.98 Å². The van der Waals surface area contributed by atoms with E-state index in [4.69, 9.17) is 4.98 Å². The Hall–Kier alpha value is -4.32. The summed E-state index contributed by atoms with van der Waals surface area (Å²) in [6.45, 7) is 2.13. The van der Waals surface area contributed by atoms with Crippen molar-refractivity contribution in [3.8, 4) is 11.3 Å². The van der Waals surface area contributed by atoms with Gasteiger partial charge in [0, 0.05) is 46.0 Å². The Labute approximate surface area is 185 Å². The van der Waals surface area contributed by atoms with E-state index >= 15 is 0 Å². The second-order valence-corrected chi connectivity index (χ2v) is 7.45. The zero-order valence-corrected chi connectivity index (χ0v) is 17.5. The number of carbonyl (C=O) groups is 1. The maximum Gasteiger partial charge on any atom is 0.272 e. The van der Waals surface area contributed by atoms with Gasteiger partial charge in [0.1, 0.15) is 0 Å². The average molecular weight is 419 g/mol. The van der Waals surface area contributed by atoms with E-state index in [9.17, 15) is 4.79 Å². The Bertz CT molecular complexity index is 1450. The monoisotopic (exact) mass is 419 g/mol. The van der Waals surface area contributed by atoms with Crippen LogP contribution in [0.4, 0.5) is 0 Å². The van der Waals surface area contributed by atoms with Crippen molar-refractivity contribution in [3.63, 3.8) is 0 Å². The number of nitrogens with one attached hydrogen (secondary N) is 2. The maximum absolute atomic E-state index is 13.1. The molecule has 6 nitrogen and oxygen atoms in total. The average Bonchev–Trinajstić information content (AvgIpc) is 3.27. The molecule has 0 aliphatic heterocycles. The molecule has 0 spiro atoms. The Morgan fingerprint density at radius 1 is 1.09 bits per heavy atom. The predicted molar refractivity (Wildman–Crippen MR) is 128 cm³/mol. The van der Waals surface area contributed by atoms with Crippen LogP contribution in [0.5, 0.6) is 0 Å². The lowest BCUT2D eigenvalue weighted by Crippen LogP contribution is -2.18. The third-order valence-electron chi connectivity index (χ3n) is 5.50. The van der Waals surface area contributed by atoms with Crippen LogP contribution >= 0.6 is 0 Å². The van der Waals surface area contributed by atoms with Gasteiger partial charge in [0.2, 0.25) is 0 Å². The van der Waals surface area contributed by atoms with E-state index < -0.39 is 0 Å². The van der Waals surface area contributed by atoms with Gasteiger partial charge in [-0.15, -0.1) is 0 Å². The molecule has 5 aromatic rings. The zero-order chi connectivity index (χ0) is 21.9. The molecule has 0 saturated carbocycles. The third-order valence-corrected chi connectivity index (χ3v) is 5.50. The molecular weight excluding hydrogens is 398 g/mol. The second-order valence-electron chi connectivity index (χ2n) is 7.45. The van der Waals surface area contributed by atoms with Gasteiger partial charge in [-0.25, -0.2) is 10.4 Å². The first kappa shape index (κ1) is 19.6. The highest BCUT2D eigenvalue weighted by molar-refractivity contribution is 6.07. The molecule has 6 heteroatoms. The number of amides is 1. The van der Waals surface area contributed by atoms with Gasteiger partial charge >= 0.3 is 0 Å². The Balaban J connectivity index is 1.46. The quantitative estimate of drug-likeness (QED) is 0.307. The van der Waals surface area contributed by atoms with Gasteiger partial charge in [0.15, 0.2) is 0 Å². The highest BCUT2D eigenvalue weighted by Gasteiger charge is 2.14. The molecule has 5 rings (SSSR count). The van der Waals surface area contributed by atoms with Gasteiger partial charge in [0.05, 0.1) is 23.0 Å². The number of benzene rings is 2. The van der Waals surface area contributed by atoms with Gasteiger partial charge in [0.25, 0.3) is 5.91 Å². The van der Waals surface area contributed by atoms with Crippen molar-refractivity contribution in [1.82, 2.24) is 20.4 Å². The van der Waals surface area contributed by atoms with Crippen LogP contribution in [0, 0.1) is 0 Å². The molecule has 0 aliphatic carbocycles. The van der Waals surface area contributed by atoms with Crippen molar-refractivity contribution in [2.24, 2.45) is 5.10 Å². The van der Waals surface area contributed by atoms with Gasteiger partial charge in [-0.2, -0.15) is 5.10 Å². The first-order valence-corrected chi connectivity index (χ1v) is 10.5. The van der Waals surface area contributed by atoms with Crippen LogP contribution < -0.4 is 5.43 Å². The number of aromatic nitrogens is 3. The summed E-state index contributed by atoms with van der Waals surface area (Å²) in [5.74, 6) is -0.293. The van der Waals surface area contributed by atoms with Crippen molar-refractivity contribution < 1.29 is 4.79 Å². The molecule has 0 radical (unpaired) electrons. The molecule has 2 N–H and O–H groups in total. The van der Waals surface area contributed by atoms with E-state index in [0.29, 0.717) is 11.3 Å². The summed E-state index contributed by atoms with van der Waals surface area (Å²) >= 11 is 0. The van der Waals surface area contributed by atoms with Crippen molar-refractivity contribution >= 4 is 33.9 Å². The minimum absolute atomic E-state index is 0.293.